The molecule has 0 saturated heterocycles. The van der Waals surface area contributed by atoms with Crippen LogP contribution < -0.4 is 10.5 Å². The normalized spacial score (nSPS) is 10.7. The number of ether oxygens (including phenoxy) is 2. The van der Waals surface area contributed by atoms with Crippen LogP contribution in [0.2, 0.25) is 0 Å². The summed E-state index contributed by atoms with van der Waals surface area (Å²) in [5.74, 6) is 0.429. The second-order valence-corrected chi connectivity index (χ2v) is 6.76. The standard InChI is InChI=1S/C25H21NO3/c1-28-25(27)22-15-20(13-14-23(22)26)18-11-9-17(10-12-18)16-29-24-8-4-6-19-5-2-3-7-21(19)24/h2-15H,16,26H2,1H3. The first-order valence-corrected chi connectivity index (χ1v) is 9.33. The molecule has 0 aromatic heterocycles. The zero-order valence-electron chi connectivity index (χ0n) is 16.1. The highest BCUT2D eigenvalue weighted by atomic mass is 16.5. The monoisotopic (exact) mass is 383 g/mol. The van der Waals surface area contributed by atoms with Crippen molar-refractivity contribution in [3.05, 3.63) is 96.1 Å². The number of fused-ring (bicyclic) bond motifs is 1. The smallest absolute Gasteiger partial charge is 0.339 e. The van der Waals surface area contributed by atoms with Gasteiger partial charge in [0.25, 0.3) is 0 Å². The van der Waals surface area contributed by atoms with Crippen molar-refractivity contribution in [2.24, 2.45) is 0 Å². The Labute approximate surface area is 169 Å². The van der Waals surface area contributed by atoms with Crippen LogP contribution in [0.25, 0.3) is 21.9 Å². The lowest BCUT2D eigenvalue weighted by atomic mass is 10.0. The molecule has 4 aromatic carbocycles. The van der Waals surface area contributed by atoms with Gasteiger partial charge in [-0.3, -0.25) is 0 Å². The van der Waals surface area contributed by atoms with E-state index in [0.717, 1.165) is 33.2 Å². The molecule has 0 bridgehead atoms. The number of hydrogen-bond donors (Lipinski definition) is 1. The maximum absolute atomic E-state index is 11.9. The molecule has 0 aliphatic rings. The van der Waals surface area contributed by atoms with Crippen LogP contribution in [0.5, 0.6) is 5.75 Å². The van der Waals surface area contributed by atoms with Crippen LogP contribution in [0, 0.1) is 0 Å². The summed E-state index contributed by atoms with van der Waals surface area (Å²) < 4.78 is 10.9. The number of nitrogens with two attached hydrogens (primary N) is 1. The lowest BCUT2D eigenvalue weighted by molar-refractivity contribution is 0.0602. The Balaban J connectivity index is 1.52. The molecule has 0 spiro atoms. The van der Waals surface area contributed by atoms with Gasteiger partial charge < -0.3 is 15.2 Å². The second-order valence-electron chi connectivity index (χ2n) is 6.76. The average Bonchev–Trinajstić information content (AvgIpc) is 2.78. The van der Waals surface area contributed by atoms with Gasteiger partial charge in [-0.15, -0.1) is 0 Å². The molecule has 144 valence electrons. The Bertz CT molecular complexity index is 1160. The van der Waals surface area contributed by atoms with Crippen LogP contribution in [0.1, 0.15) is 15.9 Å². The lowest BCUT2D eigenvalue weighted by Crippen LogP contribution is -2.05. The van der Waals surface area contributed by atoms with Crippen LogP contribution >= 0.6 is 0 Å². The highest BCUT2D eigenvalue weighted by molar-refractivity contribution is 5.96. The van der Waals surface area contributed by atoms with Gasteiger partial charge in [0.15, 0.2) is 0 Å². The van der Waals surface area contributed by atoms with E-state index < -0.39 is 5.97 Å². The zero-order chi connectivity index (χ0) is 20.2. The molecule has 0 fully saturated rings. The van der Waals surface area contributed by atoms with Gasteiger partial charge in [-0.2, -0.15) is 0 Å². The van der Waals surface area contributed by atoms with Gasteiger partial charge >= 0.3 is 5.97 Å². The molecule has 4 rings (SSSR count). The number of esters is 1. The quantitative estimate of drug-likeness (QED) is 0.367. The summed E-state index contributed by atoms with van der Waals surface area (Å²) in [7, 11) is 1.35. The first-order chi connectivity index (χ1) is 14.2. The van der Waals surface area contributed by atoms with Gasteiger partial charge in [-0.25, -0.2) is 4.79 Å². The minimum atomic E-state index is -0.440. The number of methoxy groups -OCH3 is 1. The molecule has 0 atom stereocenters. The number of nitrogen functional groups attached to an aromatic ring is 1. The van der Waals surface area contributed by atoms with Crippen molar-refractivity contribution in [3.8, 4) is 16.9 Å². The maximum Gasteiger partial charge on any atom is 0.339 e. The topological polar surface area (TPSA) is 61.5 Å². The Hall–Kier alpha value is -3.79. The first kappa shape index (κ1) is 18.6. The summed E-state index contributed by atoms with van der Waals surface area (Å²) >= 11 is 0. The molecule has 4 heteroatoms. The highest BCUT2D eigenvalue weighted by Gasteiger charge is 2.11. The van der Waals surface area contributed by atoms with E-state index in [2.05, 4.69) is 18.2 Å². The minimum absolute atomic E-state index is 0.369. The van der Waals surface area contributed by atoms with E-state index in [4.69, 9.17) is 15.2 Å². The predicted molar refractivity (Wildman–Crippen MR) is 116 cm³/mol. The van der Waals surface area contributed by atoms with Gasteiger partial charge in [0.2, 0.25) is 0 Å². The highest BCUT2D eigenvalue weighted by Crippen LogP contribution is 2.27. The third-order valence-electron chi connectivity index (χ3n) is 4.89. The van der Waals surface area contributed by atoms with Gasteiger partial charge in [0, 0.05) is 11.1 Å². The summed E-state index contributed by atoms with van der Waals surface area (Å²) in [6.07, 6.45) is 0. The van der Waals surface area contributed by atoms with Crippen LogP contribution in [0.4, 0.5) is 5.69 Å². The Morgan fingerprint density at radius 3 is 2.38 bits per heavy atom. The molecule has 0 unspecified atom stereocenters. The number of benzene rings is 4. The van der Waals surface area contributed by atoms with Crippen molar-refractivity contribution in [2.45, 2.75) is 6.61 Å². The summed E-state index contributed by atoms with van der Waals surface area (Å²) in [5, 5.41) is 2.26. The number of rotatable bonds is 5. The summed E-state index contributed by atoms with van der Waals surface area (Å²) in [6, 6.07) is 27.7. The van der Waals surface area contributed by atoms with Gasteiger partial charge in [0.1, 0.15) is 12.4 Å². The molecular formula is C25H21NO3. The summed E-state index contributed by atoms with van der Waals surface area (Å²) in [6.45, 7) is 0.476. The largest absolute Gasteiger partial charge is 0.488 e. The fraction of sp³-hybridized carbons (Fsp3) is 0.0800. The molecule has 0 saturated carbocycles. The van der Waals surface area contributed by atoms with Crippen LogP contribution in [-0.4, -0.2) is 13.1 Å². The molecule has 29 heavy (non-hydrogen) atoms. The van der Waals surface area contributed by atoms with E-state index >= 15 is 0 Å². The molecular weight excluding hydrogens is 362 g/mol. The second kappa shape index (κ2) is 8.07. The molecule has 0 heterocycles. The van der Waals surface area contributed by atoms with E-state index in [-0.39, 0.29) is 0 Å². The number of carbonyl (C=O) groups is 1. The van der Waals surface area contributed by atoms with Crippen molar-refractivity contribution >= 4 is 22.4 Å². The maximum atomic E-state index is 11.9. The van der Waals surface area contributed by atoms with Crippen molar-refractivity contribution in [2.75, 3.05) is 12.8 Å². The molecule has 4 aromatic rings. The van der Waals surface area contributed by atoms with E-state index in [9.17, 15) is 4.79 Å². The van der Waals surface area contributed by atoms with Gasteiger partial charge in [0.05, 0.1) is 12.7 Å². The number of hydrogen-bond acceptors (Lipinski definition) is 4. The molecule has 0 radical (unpaired) electrons. The van der Waals surface area contributed by atoms with Crippen LogP contribution in [-0.2, 0) is 11.3 Å². The fourth-order valence-electron chi connectivity index (χ4n) is 3.30. The van der Waals surface area contributed by atoms with Crippen molar-refractivity contribution in [1.82, 2.24) is 0 Å². The average molecular weight is 383 g/mol. The van der Waals surface area contributed by atoms with Crippen LogP contribution in [0.3, 0.4) is 0 Å². The van der Waals surface area contributed by atoms with Crippen molar-refractivity contribution in [3.63, 3.8) is 0 Å². The van der Waals surface area contributed by atoms with E-state index in [0.29, 0.717) is 17.9 Å². The fourth-order valence-corrected chi connectivity index (χ4v) is 3.30. The SMILES string of the molecule is COC(=O)c1cc(-c2ccc(COc3cccc4ccccc34)cc2)ccc1N. The summed E-state index contributed by atoms with van der Waals surface area (Å²) in [4.78, 5) is 11.9. The molecule has 2 N–H and O–H groups in total. The van der Waals surface area contributed by atoms with Crippen molar-refractivity contribution in [1.29, 1.82) is 0 Å². The molecule has 4 nitrogen and oxygen atoms in total. The van der Waals surface area contributed by atoms with E-state index in [1.54, 1.807) is 12.1 Å². The third kappa shape index (κ3) is 3.92. The van der Waals surface area contributed by atoms with E-state index in [1.165, 1.54) is 7.11 Å². The summed E-state index contributed by atoms with van der Waals surface area (Å²) in [5.41, 5.74) is 9.61. The van der Waals surface area contributed by atoms with Gasteiger partial charge in [-0.05, 0) is 40.3 Å². The first-order valence-electron chi connectivity index (χ1n) is 9.33. The van der Waals surface area contributed by atoms with Gasteiger partial charge in [-0.1, -0.05) is 66.7 Å². The Morgan fingerprint density at radius 1 is 0.862 bits per heavy atom. The molecule has 0 aliphatic carbocycles. The Morgan fingerprint density at radius 2 is 1.59 bits per heavy atom. The zero-order valence-corrected chi connectivity index (χ0v) is 16.1. The van der Waals surface area contributed by atoms with E-state index in [1.807, 2.05) is 54.6 Å². The third-order valence-corrected chi connectivity index (χ3v) is 4.89. The number of anilines is 1. The Kier molecular flexibility index (Phi) is 5.16. The van der Waals surface area contributed by atoms with Crippen LogP contribution in [0.15, 0.2) is 84.9 Å². The predicted octanol–water partition coefficient (Wildman–Crippen LogP) is 5.45. The minimum Gasteiger partial charge on any atom is -0.488 e. The molecule has 0 amide bonds. The number of carbonyl (C=O) groups excluding carboxylic acids is 1. The lowest BCUT2D eigenvalue weighted by Gasteiger charge is -2.11. The molecule has 0 aliphatic heterocycles. The van der Waals surface area contributed by atoms with Crippen molar-refractivity contribution < 1.29 is 14.3 Å².